The van der Waals surface area contributed by atoms with Crippen molar-refractivity contribution in [2.24, 2.45) is 5.92 Å². The van der Waals surface area contributed by atoms with Crippen LogP contribution in [-0.4, -0.2) is 52.3 Å². The van der Waals surface area contributed by atoms with Crippen LogP contribution in [0.15, 0.2) is 42.9 Å². The van der Waals surface area contributed by atoms with Crippen LogP contribution in [0.3, 0.4) is 0 Å². The van der Waals surface area contributed by atoms with Crippen molar-refractivity contribution < 1.29 is 14.3 Å². The van der Waals surface area contributed by atoms with Gasteiger partial charge in [-0.05, 0) is 6.07 Å². The van der Waals surface area contributed by atoms with Crippen LogP contribution in [0, 0.1) is 5.92 Å². The Morgan fingerprint density at radius 3 is 2.88 bits per heavy atom. The maximum absolute atomic E-state index is 12.7. The first-order valence-electron chi connectivity index (χ1n) is 8.48. The van der Waals surface area contributed by atoms with Gasteiger partial charge in [-0.1, -0.05) is 18.2 Å². The lowest BCUT2D eigenvalue weighted by atomic mass is 10.1. The summed E-state index contributed by atoms with van der Waals surface area (Å²) in [4.78, 5) is 36.6. The Kier molecular flexibility index (Phi) is 5.46. The maximum atomic E-state index is 12.7. The number of hydrogen-bond acceptors (Lipinski definition) is 5. The van der Waals surface area contributed by atoms with Crippen LogP contribution >= 0.6 is 0 Å². The van der Waals surface area contributed by atoms with Crippen LogP contribution in [0.5, 0.6) is 5.75 Å². The van der Waals surface area contributed by atoms with Crippen molar-refractivity contribution in [2.45, 2.75) is 19.5 Å². The lowest BCUT2D eigenvalue weighted by Crippen LogP contribution is -2.34. The highest BCUT2D eigenvalue weighted by Crippen LogP contribution is 2.25. The molecule has 26 heavy (non-hydrogen) atoms. The van der Waals surface area contributed by atoms with Gasteiger partial charge in [-0.15, -0.1) is 0 Å². The van der Waals surface area contributed by atoms with E-state index in [4.69, 9.17) is 4.74 Å². The number of hydrogen-bond donors (Lipinski definition) is 0. The zero-order chi connectivity index (χ0) is 18.5. The van der Waals surface area contributed by atoms with E-state index in [0.717, 1.165) is 17.0 Å². The molecule has 1 saturated heterocycles. The van der Waals surface area contributed by atoms with Crippen LogP contribution in [0.25, 0.3) is 0 Å². The summed E-state index contributed by atoms with van der Waals surface area (Å²) in [5, 5.41) is 0. The lowest BCUT2D eigenvalue weighted by Gasteiger charge is -2.21. The van der Waals surface area contributed by atoms with Gasteiger partial charge in [-0.25, -0.2) is 0 Å². The Bertz CT molecular complexity index is 781. The molecule has 2 amide bonds. The molecule has 1 aliphatic heterocycles. The summed E-state index contributed by atoms with van der Waals surface area (Å²) in [7, 11) is 3.34. The maximum Gasteiger partial charge on any atom is 0.228 e. The van der Waals surface area contributed by atoms with Crippen molar-refractivity contribution in [3.63, 3.8) is 0 Å². The van der Waals surface area contributed by atoms with Gasteiger partial charge in [-0.2, -0.15) is 0 Å². The SMILES string of the molecule is COc1ccccc1CN1C[C@@H](C(=O)N(C)Cc2cnccn2)CC1=O. The molecular weight excluding hydrogens is 332 g/mol. The normalized spacial score (nSPS) is 16.6. The van der Waals surface area contributed by atoms with Crippen LogP contribution in [0.4, 0.5) is 0 Å². The molecule has 2 aromatic rings. The molecule has 2 heterocycles. The quantitative estimate of drug-likeness (QED) is 0.786. The molecule has 7 nitrogen and oxygen atoms in total. The summed E-state index contributed by atoms with van der Waals surface area (Å²) in [6.45, 7) is 1.24. The zero-order valence-corrected chi connectivity index (χ0v) is 15.0. The minimum absolute atomic E-state index is 0.0119. The Morgan fingerprint density at radius 1 is 1.35 bits per heavy atom. The Balaban J connectivity index is 1.62. The third kappa shape index (κ3) is 3.99. The summed E-state index contributed by atoms with van der Waals surface area (Å²) in [5.41, 5.74) is 1.66. The highest BCUT2D eigenvalue weighted by atomic mass is 16.5. The molecule has 0 aliphatic carbocycles. The molecule has 1 aliphatic rings. The number of amides is 2. The highest BCUT2D eigenvalue weighted by Gasteiger charge is 2.36. The van der Waals surface area contributed by atoms with Crippen molar-refractivity contribution >= 4 is 11.8 Å². The third-order valence-electron chi connectivity index (χ3n) is 4.51. The average Bonchev–Trinajstić information content (AvgIpc) is 3.03. The van der Waals surface area contributed by atoms with Gasteiger partial charge in [0.15, 0.2) is 0 Å². The van der Waals surface area contributed by atoms with E-state index >= 15 is 0 Å². The van der Waals surface area contributed by atoms with Crippen molar-refractivity contribution in [2.75, 3.05) is 20.7 Å². The molecule has 7 heteroatoms. The summed E-state index contributed by atoms with van der Waals surface area (Å²) < 4.78 is 5.34. The van der Waals surface area contributed by atoms with Gasteiger partial charge in [0.25, 0.3) is 0 Å². The first-order chi connectivity index (χ1) is 12.6. The molecule has 1 aromatic carbocycles. The van der Waals surface area contributed by atoms with Crippen LogP contribution in [0.1, 0.15) is 17.7 Å². The number of para-hydroxylation sites is 1. The van der Waals surface area contributed by atoms with Gasteiger partial charge < -0.3 is 14.5 Å². The van der Waals surface area contributed by atoms with Gasteiger partial charge in [-0.3, -0.25) is 19.6 Å². The second-order valence-corrected chi connectivity index (χ2v) is 6.38. The fraction of sp³-hybridized carbons (Fsp3) is 0.368. The molecule has 3 rings (SSSR count). The summed E-state index contributed by atoms with van der Waals surface area (Å²) in [5.74, 6) is 0.349. The van der Waals surface area contributed by atoms with Crippen LogP contribution < -0.4 is 4.74 Å². The van der Waals surface area contributed by atoms with Crippen LogP contribution in [-0.2, 0) is 22.7 Å². The molecule has 0 unspecified atom stereocenters. The first kappa shape index (κ1) is 17.8. The van der Waals surface area contributed by atoms with Gasteiger partial charge in [0.05, 0.1) is 31.5 Å². The van der Waals surface area contributed by atoms with Crippen LogP contribution in [0.2, 0.25) is 0 Å². The van der Waals surface area contributed by atoms with E-state index in [9.17, 15) is 9.59 Å². The average molecular weight is 354 g/mol. The predicted molar refractivity (Wildman–Crippen MR) is 95.0 cm³/mol. The lowest BCUT2D eigenvalue weighted by molar-refractivity contribution is -0.135. The number of carbonyl (C=O) groups excluding carboxylic acids is 2. The smallest absolute Gasteiger partial charge is 0.228 e. The zero-order valence-electron chi connectivity index (χ0n) is 15.0. The molecular formula is C19H22N4O3. The van der Waals surface area contributed by atoms with Crippen molar-refractivity contribution in [3.8, 4) is 5.75 Å². The minimum Gasteiger partial charge on any atom is -0.496 e. The van der Waals surface area contributed by atoms with Gasteiger partial charge in [0.1, 0.15) is 5.75 Å². The number of nitrogens with zero attached hydrogens (tertiary/aromatic N) is 4. The van der Waals surface area contributed by atoms with E-state index in [1.165, 1.54) is 0 Å². The van der Waals surface area contributed by atoms with E-state index in [1.807, 2.05) is 24.3 Å². The van der Waals surface area contributed by atoms with E-state index in [0.29, 0.717) is 19.6 Å². The molecule has 0 spiro atoms. The van der Waals surface area contributed by atoms with Crippen molar-refractivity contribution in [1.29, 1.82) is 0 Å². The first-order valence-corrected chi connectivity index (χ1v) is 8.48. The van der Waals surface area contributed by atoms with E-state index < -0.39 is 0 Å². The molecule has 0 radical (unpaired) electrons. The third-order valence-corrected chi connectivity index (χ3v) is 4.51. The van der Waals surface area contributed by atoms with E-state index in [-0.39, 0.29) is 24.2 Å². The number of ether oxygens (including phenoxy) is 1. The minimum atomic E-state index is -0.334. The molecule has 136 valence electrons. The monoisotopic (exact) mass is 354 g/mol. The molecule has 1 aromatic heterocycles. The molecule has 0 N–H and O–H groups in total. The van der Waals surface area contributed by atoms with E-state index in [1.54, 1.807) is 42.5 Å². The fourth-order valence-electron chi connectivity index (χ4n) is 3.17. The highest BCUT2D eigenvalue weighted by molar-refractivity contribution is 5.89. The van der Waals surface area contributed by atoms with Crippen molar-refractivity contribution in [1.82, 2.24) is 19.8 Å². The van der Waals surface area contributed by atoms with E-state index in [2.05, 4.69) is 9.97 Å². The second-order valence-electron chi connectivity index (χ2n) is 6.38. The van der Waals surface area contributed by atoms with Gasteiger partial charge in [0.2, 0.25) is 11.8 Å². The van der Waals surface area contributed by atoms with Crippen molar-refractivity contribution in [3.05, 3.63) is 54.1 Å². The number of rotatable bonds is 6. The molecule has 1 atom stereocenters. The predicted octanol–water partition coefficient (Wildman–Crippen LogP) is 1.49. The number of likely N-dealkylation sites (tertiary alicyclic amines) is 1. The largest absolute Gasteiger partial charge is 0.496 e. The Morgan fingerprint density at radius 2 is 2.15 bits per heavy atom. The second kappa shape index (κ2) is 7.95. The molecule has 1 fully saturated rings. The number of methoxy groups -OCH3 is 1. The number of benzene rings is 1. The topological polar surface area (TPSA) is 75.6 Å². The summed E-state index contributed by atoms with van der Waals surface area (Å²) in [6.07, 6.45) is 5.06. The number of aromatic nitrogens is 2. The fourth-order valence-corrected chi connectivity index (χ4v) is 3.17. The number of carbonyl (C=O) groups is 2. The Hall–Kier alpha value is -2.96. The summed E-state index contributed by atoms with van der Waals surface area (Å²) >= 11 is 0. The molecule has 0 bridgehead atoms. The Labute approximate surface area is 152 Å². The van der Waals surface area contributed by atoms with Gasteiger partial charge in [0, 0.05) is 44.5 Å². The molecule has 0 saturated carbocycles. The van der Waals surface area contributed by atoms with Gasteiger partial charge >= 0.3 is 0 Å². The standard InChI is InChI=1S/C19H22N4O3/c1-22(13-16-10-20-7-8-21-16)19(25)15-9-18(24)23(12-15)11-14-5-3-4-6-17(14)26-2/h3-8,10,15H,9,11-13H2,1-2H3/t15-/m0/s1. The summed E-state index contributed by atoms with van der Waals surface area (Å²) in [6, 6.07) is 7.60.